The van der Waals surface area contributed by atoms with Crippen molar-refractivity contribution in [3.8, 4) is 5.69 Å². The minimum absolute atomic E-state index is 0.0189. The lowest BCUT2D eigenvalue weighted by molar-refractivity contribution is -0.133. The summed E-state index contributed by atoms with van der Waals surface area (Å²) < 4.78 is 2.75. The first kappa shape index (κ1) is 15.4. The van der Waals surface area contributed by atoms with Crippen LogP contribution in [0.5, 0.6) is 0 Å². The molecule has 0 radical (unpaired) electrons. The van der Waals surface area contributed by atoms with Crippen molar-refractivity contribution >= 4 is 45.3 Å². The summed E-state index contributed by atoms with van der Waals surface area (Å²) in [6, 6.07) is 5.58. The highest BCUT2D eigenvalue weighted by molar-refractivity contribution is 9.10. The van der Waals surface area contributed by atoms with E-state index in [2.05, 4.69) is 20.9 Å². The highest BCUT2D eigenvalue weighted by atomic mass is 79.9. The number of carbonyl (C=O) groups is 1. The monoisotopic (exact) mass is 374 g/mol. The Bertz CT molecular complexity index is 645. The Hall–Kier alpha value is -0.980. The number of thioether (sulfide) groups is 1. The van der Waals surface area contributed by atoms with Crippen molar-refractivity contribution in [1.82, 2.24) is 9.55 Å². The second kappa shape index (κ2) is 6.65. The predicted octanol–water partition coefficient (Wildman–Crippen LogP) is 4.03. The highest BCUT2D eigenvalue weighted by Crippen LogP contribution is 2.29. The molecule has 0 saturated carbocycles. The lowest BCUT2D eigenvalue weighted by Crippen LogP contribution is -2.04. The van der Waals surface area contributed by atoms with Crippen molar-refractivity contribution < 1.29 is 9.90 Å². The number of aromatic nitrogens is 2. The Morgan fingerprint density at radius 1 is 1.55 bits per heavy atom. The van der Waals surface area contributed by atoms with Gasteiger partial charge in [0.05, 0.1) is 10.8 Å². The van der Waals surface area contributed by atoms with Crippen LogP contribution in [0.1, 0.15) is 12.6 Å². The number of benzene rings is 1. The smallest absolute Gasteiger partial charge is 0.313 e. The molecular formula is C13H12BrClN2O2S. The zero-order chi connectivity index (χ0) is 14.7. The molecule has 1 heterocycles. The number of carboxylic acid groups (broad SMARTS) is 1. The standard InChI is InChI=1S/C13H12BrClN2O2S/c1-2-8-6-16-13(20-7-12(18)19)17(8)9-3-4-11(15)10(14)5-9/h3-6H,2,7H2,1H3,(H,18,19). The number of rotatable bonds is 5. The van der Waals surface area contributed by atoms with Crippen LogP contribution < -0.4 is 0 Å². The van der Waals surface area contributed by atoms with E-state index >= 15 is 0 Å². The van der Waals surface area contributed by atoms with E-state index in [0.29, 0.717) is 10.2 Å². The largest absolute Gasteiger partial charge is 0.481 e. The minimum Gasteiger partial charge on any atom is -0.481 e. The summed E-state index contributed by atoms with van der Waals surface area (Å²) in [5, 5.41) is 10.1. The third-order valence-electron chi connectivity index (χ3n) is 2.65. The van der Waals surface area contributed by atoms with Gasteiger partial charge in [-0.3, -0.25) is 9.36 Å². The van der Waals surface area contributed by atoms with E-state index in [1.54, 1.807) is 12.3 Å². The number of hydrogen-bond acceptors (Lipinski definition) is 3. The Labute approximate surface area is 134 Å². The lowest BCUT2D eigenvalue weighted by atomic mass is 10.3. The van der Waals surface area contributed by atoms with Gasteiger partial charge in [0.2, 0.25) is 0 Å². The van der Waals surface area contributed by atoms with Gasteiger partial charge in [0.1, 0.15) is 0 Å². The second-order valence-electron chi connectivity index (χ2n) is 4.00. The molecule has 0 aliphatic heterocycles. The molecule has 1 N–H and O–H groups in total. The van der Waals surface area contributed by atoms with Crippen LogP contribution in [-0.2, 0) is 11.2 Å². The van der Waals surface area contributed by atoms with Crippen LogP contribution in [0, 0.1) is 0 Å². The number of nitrogens with zero attached hydrogens (tertiary/aromatic N) is 2. The Morgan fingerprint density at radius 2 is 2.30 bits per heavy atom. The molecule has 0 unspecified atom stereocenters. The number of aryl methyl sites for hydroxylation is 1. The molecule has 0 spiro atoms. The Morgan fingerprint density at radius 3 is 2.90 bits per heavy atom. The van der Waals surface area contributed by atoms with E-state index in [4.69, 9.17) is 16.7 Å². The van der Waals surface area contributed by atoms with Gasteiger partial charge in [0.25, 0.3) is 0 Å². The maximum atomic E-state index is 10.7. The van der Waals surface area contributed by atoms with Crippen LogP contribution in [0.3, 0.4) is 0 Å². The van der Waals surface area contributed by atoms with Gasteiger partial charge in [-0.1, -0.05) is 30.3 Å². The zero-order valence-corrected chi connectivity index (χ0v) is 13.8. The van der Waals surface area contributed by atoms with Crippen molar-refractivity contribution in [3.63, 3.8) is 0 Å². The molecule has 0 bridgehead atoms. The number of halogens is 2. The molecule has 106 valence electrons. The van der Waals surface area contributed by atoms with Crippen molar-refractivity contribution in [1.29, 1.82) is 0 Å². The van der Waals surface area contributed by atoms with Crippen LogP contribution in [0.15, 0.2) is 34.0 Å². The fourth-order valence-electron chi connectivity index (χ4n) is 1.75. The summed E-state index contributed by atoms with van der Waals surface area (Å²) in [5.41, 5.74) is 1.93. The zero-order valence-electron chi connectivity index (χ0n) is 10.6. The molecule has 4 nitrogen and oxygen atoms in total. The molecule has 1 aromatic carbocycles. The van der Waals surface area contributed by atoms with E-state index in [-0.39, 0.29) is 5.75 Å². The molecule has 20 heavy (non-hydrogen) atoms. The average Bonchev–Trinajstić information content (AvgIpc) is 2.82. The van der Waals surface area contributed by atoms with Crippen LogP contribution in [-0.4, -0.2) is 26.4 Å². The summed E-state index contributed by atoms with van der Waals surface area (Å²) in [7, 11) is 0. The molecule has 0 fully saturated rings. The third-order valence-corrected chi connectivity index (χ3v) is 4.80. The third kappa shape index (κ3) is 3.37. The van der Waals surface area contributed by atoms with Gasteiger partial charge < -0.3 is 5.11 Å². The first-order valence-corrected chi connectivity index (χ1v) is 8.05. The SMILES string of the molecule is CCc1cnc(SCC(=O)O)n1-c1ccc(Cl)c(Br)c1. The van der Waals surface area contributed by atoms with E-state index in [9.17, 15) is 4.79 Å². The van der Waals surface area contributed by atoms with Crippen molar-refractivity contribution in [2.45, 2.75) is 18.5 Å². The summed E-state index contributed by atoms with van der Waals surface area (Å²) in [6.45, 7) is 2.03. The van der Waals surface area contributed by atoms with Gasteiger partial charge in [-0.15, -0.1) is 0 Å². The molecule has 0 aliphatic rings. The molecule has 2 aromatic rings. The number of aliphatic carboxylic acids is 1. The molecule has 1 aromatic heterocycles. The number of hydrogen-bond donors (Lipinski definition) is 1. The maximum Gasteiger partial charge on any atom is 0.313 e. The van der Waals surface area contributed by atoms with Gasteiger partial charge in [-0.05, 0) is 40.5 Å². The van der Waals surface area contributed by atoms with Gasteiger partial charge in [-0.2, -0.15) is 0 Å². The van der Waals surface area contributed by atoms with Gasteiger partial charge in [0.15, 0.2) is 5.16 Å². The first-order valence-electron chi connectivity index (χ1n) is 5.89. The molecular weight excluding hydrogens is 364 g/mol. The molecule has 0 atom stereocenters. The van der Waals surface area contributed by atoms with E-state index in [0.717, 1.165) is 22.3 Å². The van der Waals surface area contributed by atoms with E-state index < -0.39 is 5.97 Å². The quantitative estimate of drug-likeness (QED) is 0.802. The lowest BCUT2D eigenvalue weighted by Gasteiger charge is -2.11. The van der Waals surface area contributed by atoms with Crippen molar-refractivity contribution in [2.24, 2.45) is 0 Å². The van der Waals surface area contributed by atoms with Crippen LogP contribution >= 0.6 is 39.3 Å². The normalized spacial score (nSPS) is 10.8. The Balaban J connectivity index is 2.44. The van der Waals surface area contributed by atoms with Crippen LogP contribution in [0.25, 0.3) is 5.69 Å². The molecule has 0 amide bonds. The topological polar surface area (TPSA) is 55.1 Å². The summed E-state index contributed by atoms with van der Waals surface area (Å²) in [5.74, 6) is -0.880. The van der Waals surface area contributed by atoms with Crippen molar-refractivity contribution in [3.05, 3.63) is 39.6 Å². The predicted molar refractivity (Wildman–Crippen MR) is 84.0 cm³/mol. The van der Waals surface area contributed by atoms with E-state index in [1.165, 1.54) is 11.8 Å². The minimum atomic E-state index is -0.861. The molecule has 7 heteroatoms. The Kier molecular flexibility index (Phi) is 5.12. The van der Waals surface area contributed by atoms with Crippen LogP contribution in [0.4, 0.5) is 0 Å². The maximum absolute atomic E-state index is 10.7. The highest BCUT2D eigenvalue weighted by Gasteiger charge is 2.13. The van der Waals surface area contributed by atoms with Crippen molar-refractivity contribution in [2.75, 3.05) is 5.75 Å². The average molecular weight is 376 g/mol. The summed E-state index contributed by atoms with van der Waals surface area (Å²) in [4.78, 5) is 15.0. The second-order valence-corrected chi connectivity index (χ2v) is 6.21. The molecule has 0 saturated heterocycles. The first-order chi connectivity index (χ1) is 9.52. The van der Waals surface area contributed by atoms with Gasteiger partial charge >= 0.3 is 5.97 Å². The van der Waals surface area contributed by atoms with E-state index in [1.807, 2.05) is 23.6 Å². The fourth-order valence-corrected chi connectivity index (χ4v) is 2.96. The summed E-state index contributed by atoms with van der Waals surface area (Å²) >= 11 is 10.6. The van der Waals surface area contributed by atoms with Crippen LogP contribution in [0.2, 0.25) is 5.02 Å². The number of imidazole rings is 1. The van der Waals surface area contributed by atoms with Gasteiger partial charge in [0, 0.05) is 22.1 Å². The fraction of sp³-hybridized carbons (Fsp3) is 0.231. The molecule has 2 rings (SSSR count). The summed E-state index contributed by atoms with van der Waals surface area (Å²) in [6.07, 6.45) is 2.58. The number of carboxylic acids is 1. The molecule has 0 aliphatic carbocycles. The van der Waals surface area contributed by atoms with Gasteiger partial charge in [-0.25, -0.2) is 4.98 Å².